The zero-order valence-corrected chi connectivity index (χ0v) is 19.9. The second kappa shape index (κ2) is 8.71. The molecule has 1 amide bonds. The highest BCUT2D eigenvalue weighted by atomic mass is 16.5. The Morgan fingerprint density at radius 3 is 2.82 bits per heavy atom. The summed E-state index contributed by atoms with van der Waals surface area (Å²) >= 11 is 0. The Morgan fingerprint density at radius 1 is 1.21 bits per heavy atom. The van der Waals surface area contributed by atoms with Gasteiger partial charge in [-0.15, -0.1) is 0 Å². The summed E-state index contributed by atoms with van der Waals surface area (Å²) in [7, 11) is 0. The molecule has 34 heavy (non-hydrogen) atoms. The second-order valence-corrected chi connectivity index (χ2v) is 10.4. The minimum Gasteiger partial charge on any atom is -0.487 e. The highest BCUT2D eigenvalue weighted by molar-refractivity contribution is 5.94. The highest BCUT2D eigenvalue weighted by Crippen LogP contribution is 2.53. The van der Waals surface area contributed by atoms with Crippen LogP contribution in [0.1, 0.15) is 54.3 Å². The lowest BCUT2D eigenvalue weighted by atomic mass is 9.70. The molecule has 2 fully saturated rings. The molecule has 180 valence electrons. The molecule has 0 bridgehead atoms. The van der Waals surface area contributed by atoms with E-state index in [1.165, 1.54) is 17.7 Å². The monoisotopic (exact) mass is 464 g/mol. The van der Waals surface area contributed by atoms with Crippen molar-refractivity contribution in [3.63, 3.8) is 0 Å². The molecule has 2 saturated heterocycles. The lowest BCUT2D eigenvalue weighted by molar-refractivity contribution is -0.187. The predicted octanol–water partition coefficient (Wildman–Crippen LogP) is 4.27. The first kappa shape index (κ1) is 22.9. The second-order valence-electron chi connectivity index (χ2n) is 10.4. The standard InChI is InChI=1S/C27H32N2O5/c1-16-7-8-20-23(11-16)34-27(2,3)21-13-18-14-29(10-9-22(18)33-25(20)21)15-24(30)28-19-6-4-5-17(12-19)26(31)32/h4-8,11-12,18,21-22,25H,9-10,13-15H2,1-3H3,(H,28,30)(H,31,32)/t18-,21+,22+,25-/m0/s1. The van der Waals surface area contributed by atoms with E-state index in [2.05, 4.69) is 49.2 Å². The molecule has 0 spiro atoms. The van der Waals surface area contributed by atoms with Crippen LogP contribution in [0.4, 0.5) is 5.69 Å². The zero-order valence-electron chi connectivity index (χ0n) is 19.9. The van der Waals surface area contributed by atoms with Gasteiger partial charge >= 0.3 is 5.97 Å². The van der Waals surface area contributed by atoms with Gasteiger partial charge in [-0.2, -0.15) is 0 Å². The molecule has 4 atom stereocenters. The number of carbonyl (C=O) groups is 2. The molecule has 7 heteroatoms. The smallest absolute Gasteiger partial charge is 0.335 e. The Bertz CT molecular complexity index is 1110. The van der Waals surface area contributed by atoms with Gasteiger partial charge < -0.3 is 19.9 Å². The number of rotatable bonds is 4. The number of likely N-dealkylation sites (tertiary alicyclic amines) is 1. The molecule has 3 heterocycles. The van der Waals surface area contributed by atoms with Crippen LogP contribution in [-0.2, 0) is 9.53 Å². The average Bonchev–Trinajstić information content (AvgIpc) is 2.77. The van der Waals surface area contributed by atoms with Gasteiger partial charge in [0.2, 0.25) is 5.91 Å². The van der Waals surface area contributed by atoms with E-state index in [9.17, 15) is 9.59 Å². The van der Waals surface area contributed by atoms with Crippen molar-refractivity contribution in [1.29, 1.82) is 0 Å². The number of carbonyl (C=O) groups excluding carboxylic acids is 1. The number of ether oxygens (including phenoxy) is 2. The van der Waals surface area contributed by atoms with Crippen molar-refractivity contribution >= 4 is 17.6 Å². The predicted molar refractivity (Wildman–Crippen MR) is 128 cm³/mol. The average molecular weight is 465 g/mol. The molecular weight excluding hydrogens is 432 g/mol. The number of nitrogens with zero attached hydrogens (tertiary/aromatic N) is 1. The number of amides is 1. The first-order chi connectivity index (χ1) is 16.2. The van der Waals surface area contributed by atoms with Gasteiger partial charge in [-0.05, 0) is 69.4 Å². The van der Waals surface area contributed by atoms with Crippen LogP contribution >= 0.6 is 0 Å². The maximum absolute atomic E-state index is 12.7. The van der Waals surface area contributed by atoms with Crippen LogP contribution in [0.2, 0.25) is 0 Å². The number of anilines is 1. The quantitative estimate of drug-likeness (QED) is 0.703. The summed E-state index contributed by atoms with van der Waals surface area (Å²) in [6, 6.07) is 12.7. The summed E-state index contributed by atoms with van der Waals surface area (Å²) in [6.07, 6.45) is 2.10. The molecule has 2 N–H and O–H groups in total. The van der Waals surface area contributed by atoms with Crippen LogP contribution in [0.15, 0.2) is 42.5 Å². The molecule has 5 rings (SSSR count). The maximum Gasteiger partial charge on any atom is 0.335 e. The van der Waals surface area contributed by atoms with Gasteiger partial charge in [0.1, 0.15) is 11.4 Å². The van der Waals surface area contributed by atoms with Crippen molar-refractivity contribution in [3.05, 3.63) is 59.2 Å². The lowest BCUT2D eigenvalue weighted by Crippen LogP contribution is -2.55. The molecule has 0 aliphatic carbocycles. The third kappa shape index (κ3) is 4.42. The highest BCUT2D eigenvalue weighted by Gasteiger charge is 2.51. The largest absolute Gasteiger partial charge is 0.487 e. The van der Waals surface area contributed by atoms with Crippen molar-refractivity contribution < 1.29 is 24.2 Å². The van der Waals surface area contributed by atoms with E-state index in [1.54, 1.807) is 12.1 Å². The van der Waals surface area contributed by atoms with Gasteiger partial charge in [-0.1, -0.05) is 18.2 Å². The normalized spacial score (nSPS) is 27.5. The Hall–Kier alpha value is -2.90. The van der Waals surface area contributed by atoms with Gasteiger partial charge in [-0.25, -0.2) is 4.79 Å². The van der Waals surface area contributed by atoms with Crippen molar-refractivity contribution in [2.45, 2.75) is 51.4 Å². The van der Waals surface area contributed by atoms with E-state index >= 15 is 0 Å². The van der Waals surface area contributed by atoms with E-state index in [1.807, 2.05) is 0 Å². The molecule has 0 aromatic heterocycles. The summed E-state index contributed by atoms with van der Waals surface area (Å²) in [4.78, 5) is 26.0. The zero-order chi connectivity index (χ0) is 24.0. The van der Waals surface area contributed by atoms with Gasteiger partial charge in [0.25, 0.3) is 0 Å². The van der Waals surface area contributed by atoms with E-state index < -0.39 is 5.97 Å². The number of hydrogen-bond donors (Lipinski definition) is 2. The SMILES string of the molecule is Cc1ccc2c(c1)OC(C)(C)[C@@H]1C[C@H]3CN(CC(=O)Nc4cccc(C(=O)O)c4)CC[C@H]3O[C@@H]21. The molecule has 2 aromatic carbocycles. The first-order valence-corrected chi connectivity index (χ1v) is 12.0. The van der Waals surface area contributed by atoms with Gasteiger partial charge in [-0.3, -0.25) is 9.69 Å². The van der Waals surface area contributed by atoms with Crippen LogP contribution in [0.3, 0.4) is 0 Å². The van der Waals surface area contributed by atoms with E-state index in [0.29, 0.717) is 11.6 Å². The van der Waals surface area contributed by atoms with Crippen molar-refractivity contribution in [3.8, 4) is 5.75 Å². The summed E-state index contributed by atoms with van der Waals surface area (Å²) in [5.41, 5.74) is 2.66. The van der Waals surface area contributed by atoms with E-state index in [0.717, 1.165) is 37.2 Å². The van der Waals surface area contributed by atoms with Gasteiger partial charge in [0.05, 0.1) is 24.3 Å². The number of hydrogen-bond acceptors (Lipinski definition) is 5. The number of carboxylic acids is 1. The molecule has 7 nitrogen and oxygen atoms in total. The molecule has 0 unspecified atom stereocenters. The fraction of sp³-hybridized carbons (Fsp3) is 0.481. The third-order valence-corrected chi connectivity index (χ3v) is 7.49. The number of carboxylic acid groups (broad SMARTS) is 1. The van der Waals surface area contributed by atoms with Gasteiger partial charge in [0, 0.05) is 30.3 Å². The lowest BCUT2D eigenvalue weighted by Gasteiger charge is -2.53. The number of aryl methyl sites for hydroxylation is 1. The number of fused-ring (bicyclic) bond motifs is 4. The van der Waals surface area contributed by atoms with Crippen LogP contribution in [-0.4, -0.2) is 53.2 Å². The van der Waals surface area contributed by atoms with Crippen molar-refractivity contribution in [2.24, 2.45) is 11.8 Å². The molecule has 0 radical (unpaired) electrons. The summed E-state index contributed by atoms with van der Waals surface area (Å²) in [5, 5.41) is 12.0. The van der Waals surface area contributed by atoms with E-state index in [-0.39, 0.29) is 41.7 Å². The summed E-state index contributed by atoms with van der Waals surface area (Å²) < 4.78 is 13.2. The number of aromatic carboxylic acids is 1. The molecule has 2 aromatic rings. The van der Waals surface area contributed by atoms with Crippen LogP contribution in [0.25, 0.3) is 0 Å². The third-order valence-electron chi connectivity index (χ3n) is 7.49. The number of piperidine rings is 1. The minimum absolute atomic E-state index is 0.0389. The fourth-order valence-electron chi connectivity index (χ4n) is 5.76. The molecular formula is C27H32N2O5. The summed E-state index contributed by atoms with van der Waals surface area (Å²) in [6.45, 7) is 8.25. The summed E-state index contributed by atoms with van der Waals surface area (Å²) in [5.74, 6) is 0.373. The molecule has 3 aliphatic rings. The van der Waals surface area contributed by atoms with Crippen molar-refractivity contribution in [1.82, 2.24) is 4.90 Å². The minimum atomic E-state index is -1.01. The fourth-order valence-corrected chi connectivity index (χ4v) is 5.76. The number of benzene rings is 2. The molecule has 3 aliphatic heterocycles. The number of nitrogens with one attached hydrogen (secondary N) is 1. The van der Waals surface area contributed by atoms with E-state index in [4.69, 9.17) is 14.6 Å². The molecule has 0 saturated carbocycles. The van der Waals surface area contributed by atoms with Crippen LogP contribution in [0.5, 0.6) is 5.75 Å². The Morgan fingerprint density at radius 2 is 2.03 bits per heavy atom. The van der Waals surface area contributed by atoms with Gasteiger partial charge in [0.15, 0.2) is 0 Å². The Labute approximate surface area is 200 Å². The Kier molecular flexibility index (Phi) is 5.86. The topological polar surface area (TPSA) is 88.1 Å². The first-order valence-electron chi connectivity index (χ1n) is 12.0. The van der Waals surface area contributed by atoms with Crippen molar-refractivity contribution in [2.75, 3.05) is 25.0 Å². The Balaban J connectivity index is 1.24. The maximum atomic E-state index is 12.7. The van der Waals surface area contributed by atoms with Crippen LogP contribution in [0, 0.1) is 18.8 Å². The van der Waals surface area contributed by atoms with Crippen LogP contribution < -0.4 is 10.1 Å².